The number of benzene rings is 1. The molecule has 1 saturated carbocycles. The van der Waals surface area contributed by atoms with Crippen molar-refractivity contribution >= 4 is 15.9 Å². The number of pyridine rings is 1. The Morgan fingerprint density at radius 3 is 2.53 bits per heavy atom. The Hall–Kier alpha value is -2.65. The number of carbonyl (C=O) groups excluding carboxylic acids is 1. The average molecular weight is 486 g/mol. The fourth-order valence-electron chi connectivity index (χ4n) is 5.40. The number of hydrogen-bond donors (Lipinski definition) is 1. The first kappa shape index (κ1) is 23.1. The molecule has 1 N–H and O–H groups in total. The van der Waals surface area contributed by atoms with E-state index in [2.05, 4.69) is 22.4 Å². The molecule has 0 spiro atoms. The van der Waals surface area contributed by atoms with Crippen molar-refractivity contribution in [3.05, 3.63) is 48.3 Å². The molecule has 3 heterocycles. The topological polar surface area (TPSA) is 97.8 Å². The standard InChI is InChI=1S/C25H31N3O5S/c29-24(19-7-12-28(13-8-19)34(30,31)21-4-3-11-26-17-21)27-18-25(9-1-2-10-25)20-5-6-22-23(16-20)33-15-14-32-22/h3-6,11,16-17,19H,1-2,7-10,12-15,18H2,(H,27,29). The van der Waals surface area contributed by atoms with E-state index < -0.39 is 10.0 Å². The zero-order valence-corrected chi connectivity index (χ0v) is 20.1. The number of nitrogens with zero attached hydrogens (tertiary/aromatic N) is 2. The van der Waals surface area contributed by atoms with Gasteiger partial charge in [0.25, 0.3) is 0 Å². The van der Waals surface area contributed by atoms with E-state index in [1.807, 2.05) is 6.07 Å². The molecule has 1 aliphatic carbocycles. The van der Waals surface area contributed by atoms with E-state index in [-0.39, 0.29) is 22.1 Å². The Balaban J connectivity index is 1.21. The van der Waals surface area contributed by atoms with Crippen molar-refractivity contribution in [3.63, 3.8) is 0 Å². The van der Waals surface area contributed by atoms with Gasteiger partial charge in [-0.3, -0.25) is 9.78 Å². The van der Waals surface area contributed by atoms with Gasteiger partial charge in [-0.15, -0.1) is 0 Å². The molecule has 1 saturated heterocycles. The normalized spacial score (nSPS) is 20.7. The smallest absolute Gasteiger partial charge is 0.244 e. The van der Waals surface area contributed by atoms with Crippen LogP contribution in [0, 0.1) is 5.92 Å². The van der Waals surface area contributed by atoms with Gasteiger partial charge in [-0.2, -0.15) is 4.31 Å². The summed E-state index contributed by atoms with van der Waals surface area (Å²) in [6, 6.07) is 9.33. The van der Waals surface area contributed by atoms with Crippen molar-refractivity contribution in [1.82, 2.24) is 14.6 Å². The van der Waals surface area contributed by atoms with Gasteiger partial charge in [-0.05, 0) is 55.5 Å². The van der Waals surface area contributed by atoms with Crippen molar-refractivity contribution in [1.29, 1.82) is 0 Å². The number of rotatable bonds is 6. The number of aromatic nitrogens is 1. The first-order valence-corrected chi connectivity index (χ1v) is 13.5. The van der Waals surface area contributed by atoms with Crippen LogP contribution in [0.5, 0.6) is 11.5 Å². The van der Waals surface area contributed by atoms with Crippen LogP contribution in [-0.2, 0) is 20.2 Å². The van der Waals surface area contributed by atoms with Gasteiger partial charge in [0.15, 0.2) is 11.5 Å². The van der Waals surface area contributed by atoms with Gasteiger partial charge in [0.2, 0.25) is 15.9 Å². The maximum absolute atomic E-state index is 13.1. The lowest BCUT2D eigenvalue weighted by Crippen LogP contribution is -2.46. The quantitative estimate of drug-likeness (QED) is 0.676. The number of piperidine rings is 1. The number of nitrogens with one attached hydrogen (secondary N) is 1. The van der Waals surface area contributed by atoms with Gasteiger partial charge in [0.05, 0.1) is 0 Å². The van der Waals surface area contributed by atoms with Crippen molar-refractivity contribution in [3.8, 4) is 11.5 Å². The van der Waals surface area contributed by atoms with E-state index in [4.69, 9.17) is 9.47 Å². The first-order valence-electron chi connectivity index (χ1n) is 12.1. The van der Waals surface area contributed by atoms with E-state index in [1.165, 1.54) is 16.1 Å². The summed E-state index contributed by atoms with van der Waals surface area (Å²) >= 11 is 0. The molecule has 1 aromatic heterocycles. The van der Waals surface area contributed by atoms with Crippen LogP contribution in [0.25, 0.3) is 0 Å². The summed E-state index contributed by atoms with van der Waals surface area (Å²) in [5.74, 6) is 1.39. The number of hydrogen-bond acceptors (Lipinski definition) is 6. The molecule has 0 unspecified atom stereocenters. The molecule has 0 bridgehead atoms. The maximum Gasteiger partial charge on any atom is 0.244 e. The van der Waals surface area contributed by atoms with Crippen molar-refractivity contribution < 1.29 is 22.7 Å². The molecule has 2 aliphatic heterocycles. The average Bonchev–Trinajstić information content (AvgIpc) is 3.38. The van der Waals surface area contributed by atoms with Crippen LogP contribution in [0.3, 0.4) is 0 Å². The summed E-state index contributed by atoms with van der Waals surface area (Å²) in [6.07, 6.45) is 8.27. The SMILES string of the molecule is O=C(NCC1(c2ccc3c(c2)OCCO3)CCCC1)C1CCN(S(=O)(=O)c2cccnc2)CC1. The van der Waals surface area contributed by atoms with Gasteiger partial charge in [0.1, 0.15) is 18.1 Å². The van der Waals surface area contributed by atoms with Crippen molar-refractivity contribution in [2.24, 2.45) is 5.92 Å². The molecule has 2 aromatic rings. The summed E-state index contributed by atoms with van der Waals surface area (Å²) in [4.78, 5) is 17.2. The highest BCUT2D eigenvalue weighted by Gasteiger charge is 2.38. The Labute approximate surface area is 200 Å². The van der Waals surface area contributed by atoms with E-state index in [1.54, 1.807) is 18.3 Å². The van der Waals surface area contributed by atoms with Crippen LogP contribution >= 0.6 is 0 Å². The lowest BCUT2D eigenvalue weighted by Gasteiger charge is -2.33. The number of fused-ring (bicyclic) bond motifs is 1. The summed E-state index contributed by atoms with van der Waals surface area (Å²) in [5, 5.41) is 3.21. The minimum Gasteiger partial charge on any atom is -0.486 e. The molecule has 1 amide bonds. The van der Waals surface area contributed by atoms with Crippen molar-refractivity contribution in [2.45, 2.75) is 48.8 Å². The zero-order valence-electron chi connectivity index (χ0n) is 19.2. The molecule has 9 heteroatoms. The van der Waals surface area contributed by atoms with Gasteiger partial charge in [-0.25, -0.2) is 8.42 Å². The predicted molar refractivity (Wildman–Crippen MR) is 126 cm³/mol. The highest BCUT2D eigenvalue weighted by molar-refractivity contribution is 7.89. The second-order valence-corrected chi connectivity index (χ2v) is 11.4. The van der Waals surface area contributed by atoms with Crippen LogP contribution in [0.1, 0.15) is 44.1 Å². The molecule has 34 heavy (non-hydrogen) atoms. The molecule has 182 valence electrons. The minimum atomic E-state index is -3.57. The third-order valence-corrected chi connectivity index (χ3v) is 9.30. The molecule has 3 aliphatic rings. The van der Waals surface area contributed by atoms with Gasteiger partial charge in [0, 0.05) is 43.4 Å². The molecular formula is C25H31N3O5S. The zero-order chi connectivity index (χ0) is 23.6. The van der Waals surface area contributed by atoms with Crippen LogP contribution in [0.2, 0.25) is 0 Å². The molecule has 8 nitrogen and oxygen atoms in total. The first-order chi connectivity index (χ1) is 16.5. The summed E-state index contributed by atoms with van der Waals surface area (Å²) < 4.78 is 38.6. The van der Waals surface area contributed by atoms with Crippen molar-refractivity contribution in [2.75, 3.05) is 32.8 Å². The molecule has 1 aromatic carbocycles. The number of carbonyl (C=O) groups is 1. The molecule has 5 rings (SSSR count). The van der Waals surface area contributed by atoms with Gasteiger partial charge in [-0.1, -0.05) is 18.9 Å². The highest BCUT2D eigenvalue weighted by Crippen LogP contribution is 2.44. The lowest BCUT2D eigenvalue weighted by molar-refractivity contribution is -0.126. The molecule has 0 atom stereocenters. The van der Waals surface area contributed by atoms with E-state index in [0.29, 0.717) is 45.7 Å². The van der Waals surface area contributed by atoms with Crippen LogP contribution in [-0.4, -0.2) is 56.5 Å². The fourth-order valence-corrected chi connectivity index (χ4v) is 6.83. The summed E-state index contributed by atoms with van der Waals surface area (Å²) in [6.45, 7) is 2.37. The monoisotopic (exact) mass is 485 g/mol. The predicted octanol–water partition coefficient (Wildman–Crippen LogP) is 2.88. The van der Waals surface area contributed by atoms with Crippen LogP contribution in [0.15, 0.2) is 47.6 Å². The van der Waals surface area contributed by atoms with Gasteiger partial charge < -0.3 is 14.8 Å². The maximum atomic E-state index is 13.1. The largest absolute Gasteiger partial charge is 0.486 e. The third-order valence-electron chi connectivity index (χ3n) is 7.41. The second kappa shape index (κ2) is 9.54. The van der Waals surface area contributed by atoms with Crippen LogP contribution in [0.4, 0.5) is 0 Å². The number of amides is 1. The Bertz CT molecular complexity index is 1120. The molecule has 2 fully saturated rings. The highest BCUT2D eigenvalue weighted by atomic mass is 32.2. The number of ether oxygens (including phenoxy) is 2. The third kappa shape index (κ3) is 4.51. The van der Waals surface area contributed by atoms with E-state index >= 15 is 0 Å². The van der Waals surface area contributed by atoms with Gasteiger partial charge >= 0.3 is 0 Å². The van der Waals surface area contributed by atoms with Crippen LogP contribution < -0.4 is 14.8 Å². The lowest BCUT2D eigenvalue weighted by atomic mass is 9.78. The minimum absolute atomic E-state index is 0.0160. The molecule has 0 radical (unpaired) electrons. The summed E-state index contributed by atoms with van der Waals surface area (Å²) in [7, 11) is -3.57. The Morgan fingerprint density at radius 1 is 1.09 bits per heavy atom. The Kier molecular flexibility index (Phi) is 6.48. The number of sulfonamides is 1. The summed E-state index contributed by atoms with van der Waals surface area (Å²) in [5.41, 5.74) is 1.09. The second-order valence-electron chi connectivity index (χ2n) is 9.43. The fraction of sp³-hybridized carbons (Fsp3) is 0.520. The van der Waals surface area contributed by atoms with E-state index in [0.717, 1.165) is 37.2 Å². The van der Waals surface area contributed by atoms with E-state index in [9.17, 15) is 13.2 Å². The molecular weight excluding hydrogens is 454 g/mol. The Morgan fingerprint density at radius 2 is 1.82 bits per heavy atom.